The van der Waals surface area contributed by atoms with E-state index in [-0.39, 0.29) is 0 Å². The van der Waals surface area contributed by atoms with Gasteiger partial charge in [-0.25, -0.2) is 0 Å². The van der Waals surface area contributed by atoms with E-state index in [1.54, 1.807) is 5.57 Å². The van der Waals surface area contributed by atoms with E-state index >= 15 is 0 Å². The first-order chi connectivity index (χ1) is 8.99. The highest BCUT2D eigenvalue weighted by Crippen LogP contribution is 2.61. The van der Waals surface area contributed by atoms with Gasteiger partial charge in [0.25, 0.3) is 0 Å². The first-order valence-electron chi connectivity index (χ1n) is 8.34. The second-order valence-electron chi connectivity index (χ2n) is 7.98. The lowest BCUT2D eigenvalue weighted by atomic mass is 9.67. The Hall–Kier alpha value is -0.520. The molecule has 2 fully saturated rings. The topological polar surface area (TPSA) is 0 Å². The van der Waals surface area contributed by atoms with E-state index in [1.807, 2.05) is 5.57 Å². The van der Waals surface area contributed by atoms with Crippen LogP contribution in [0.4, 0.5) is 0 Å². The lowest BCUT2D eigenvalue weighted by Gasteiger charge is -2.37. The third kappa shape index (κ3) is 2.12. The number of fused-ring (bicyclic) bond motifs is 2. The van der Waals surface area contributed by atoms with Crippen molar-refractivity contribution in [3.8, 4) is 0 Å². The van der Waals surface area contributed by atoms with Crippen LogP contribution in [0.2, 0.25) is 0 Å². The lowest BCUT2D eigenvalue weighted by molar-refractivity contribution is 0.187. The molecule has 106 valence electrons. The van der Waals surface area contributed by atoms with Crippen molar-refractivity contribution in [2.45, 2.75) is 53.9 Å². The van der Waals surface area contributed by atoms with Gasteiger partial charge in [0.15, 0.2) is 0 Å². The van der Waals surface area contributed by atoms with Gasteiger partial charge in [0.05, 0.1) is 0 Å². The molecule has 0 heteroatoms. The van der Waals surface area contributed by atoms with Gasteiger partial charge in [0.2, 0.25) is 0 Å². The van der Waals surface area contributed by atoms with Gasteiger partial charge < -0.3 is 0 Å². The van der Waals surface area contributed by atoms with Crippen molar-refractivity contribution in [2.24, 2.45) is 41.4 Å². The molecule has 6 unspecified atom stereocenters. The predicted molar refractivity (Wildman–Crippen MR) is 82.8 cm³/mol. The molecule has 19 heavy (non-hydrogen) atoms. The molecule has 0 aliphatic heterocycles. The minimum absolute atomic E-state index is 0.824. The Balaban J connectivity index is 1.84. The Morgan fingerprint density at radius 3 is 2.26 bits per heavy atom. The molecule has 0 radical (unpaired) electrons. The molecule has 0 aromatic carbocycles. The monoisotopic (exact) mass is 258 g/mol. The quantitative estimate of drug-likeness (QED) is 0.577. The highest BCUT2D eigenvalue weighted by molar-refractivity contribution is 5.28. The SMILES string of the molecule is CC(C)=C1C2CC(C3C=CC(C)C3)C(C2)C1C(C)C. The molecule has 2 bridgehead atoms. The summed E-state index contributed by atoms with van der Waals surface area (Å²) in [7, 11) is 0. The van der Waals surface area contributed by atoms with Crippen molar-refractivity contribution >= 4 is 0 Å². The molecule has 0 spiro atoms. The van der Waals surface area contributed by atoms with E-state index in [1.165, 1.54) is 19.3 Å². The van der Waals surface area contributed by atoms with Gasteiger partial charge in [-0.05, 0) is 74.5 Å². The van der Waals surface area contributed by atoms with Crippen molar-refractivity contribution in [3.63, 3.8) is 0 Å². The number of hydrogen-bond acceptors (Lipinski definition) is 0. The minimum Gasteiger partial charge on any atom is -0.0854 e. The summed E-state index contributed by atoms with van der Waals surface area (Å²) in [6.45, 7) is 12.0. The Morgan fingerprint density at radius 2 is 1.74 bits per heavy atom. The van der Waals surface area contributed by atoms with E-state index in [9.17, 15) is 0 Å². The first-order valence-corrected chi connectivity index (χ1v) is 8.34. The highest BCUT2D eigenvalue weighted by Gasteiger charge is 2.52. The van der Waals surface area contributed by atoms with Crippen LogP contribution in [0, 0.1) is 41.4 Å². The molecule has 0 saturated heterocycles. The average Bonchev–Trinajstić information content (AvgIpc) is 2.99. The van der Waals surface area contributed by atoms with Crippen molar-refractivity contribution < 1.29 is 0 Å². The Morgan fingerprint density at radius 1 is 1.05 bits per heavy atom. The lowest BCUT2D eigenvalue weighted by Crippen LogP contribution is -2.30. The van der Waals surface area contributed by atoms with Crippen molar-refractivity contribution in [3.05, 3.63) is 23.3 Å². The summed E-state index contributed by atoms with van der Waals surface area (Å²) < 4.78 is 0. The second-order valence-corrected chi connectivity index (χ2v) is 7.98. The van der Waals surface area contributed by atoms with Crippen LogP contribution >= 0.6 is 0 Å². The van der Waals surface area contributed by atoms with Crippen LogP contribution in [0.1, 0.15) is 53.9 Å². The van der Waals surface area contributed by atoms with Crippen LogP contribution in [0.3, 0.4) is 0 Å². The maximum absolute atomic E-state index is 2.55. The molecule has 0 heterocycles. The van der Waals surface area contributed by atoms with Gasteiger partial charge >= 0.3 is 0 Å². The number of rotatable bonds is 2. The normalized spacial score (nSPS) is 44.6. The predicted octanol–water partition coefficient (Wildman–Crippen LogP) is 5.46. The molecule has 3 aliphatic carbocycles. The zero-order chi connectivity index (χ0) is 13.7. The molecular weight excluding hydrogens is 228 g/mol. The maximum Gasteiger partial charge on any atom is -0.0143 e. The van der Waals surface area contributed by atoms with Gasteiger partial charge in [-0.1, -0.05) is 44.1 Å². The number of allylic oxidation sites excluding steroid dienone is 4. The first kappa shape index (κ1) is 13.5. The highest BCUT2D eigenvalue weighted by atomic mass is 14.6. The van der Waals surface area contributed by atoms with E-state index in [2.05, 4.69) is 46.8 Å². The van der Waals surface area contributed by atoms with Crippen LogP contribution < -0.4 is 0 Å². The zero-order valence-corrected chi connectivity index (χ0v) is 13.3. The second kappa shape index (κ2) is 4.79. The third-order valence-electron chi connectivity index (χ3n) is 6.10. The van der Waals surface area contributed by atoms with Crippen molar-refractivity contribution in [1.29, 1.82) is 0 Å². The summed E-state index contributed by atoms with van der Waals surface area (Å²) in [5.41, 5.74) is 3.48. The fourth-order valence-corrected chi connectivity index (χ4v) is 5.60. The Kier molecular flexibility index (Phi) is 3.39. The van der Waals surface area contributed by atoms with Gasteiger partial charge in [-0.3, -0.25) is 0 Å². The molecule has 3 aliphatic rings. The molecule has 0 amide bonds. The van der Waals surface area contributed by atoms with E-state index < -0.39 is 0 Å². The summed E-state index contributed by atoms with van der Waals surface area (Å²) in [5.74, 6) is 6.33. The van der Waals surface area contributed by atoms with Gasteiger partial charge in [-0.2, -0.15) is 0 Å². The molecule has 3 rings (SSSR count). The van der Waals surface area contributed by atoms with Crippen LogP contribution in [-0.4, -0.2) is 0 Å². The van der Waals surface area contributed by atoms with E-state index in [4.69, 9.17) is 0 Å². The third-order valence-corrected chi connectivity index (χ3v) is 6.10. The van der Waals surface area contributed by atoms with Crippen molar-refractivity contribution in [2.75, 3.05) is 0 Å². The largest absolute Gasteiger partial charge is 0.0854 e. The summed E-state index contributed by atoms with van der Waals surface area (Å²) >= 11 is 0. The maximum atomic E-state index is 2.55. The van der Waals surface area contributed by atoms with Crippen molar-refractivity contribution in [1.82, 2.24) is 0 Å². The van der Waals surface area contributed by atoms with Crippen LogP contribution in [-0.2, 0) is 0 Å². The van der Waals surface area contributed by atoms with E-state index in [0.717, 1.165) is 41.4 Å². The summed E-state index contributed by atoms with van der Waals surface area (Å²) in [6.07, 6.45) is 9.41. The fourth-order valence-electron chi connectivity index (χ4n) is 5.60. The van der Waals surface area contributed by atoms with Crippen LogP contribution in [0.25, 0.3) is 0 Å². The average molecular weight is 258 g/mol. The van der Waals surface area contributed by atoms with Gasteiger partial charge in [0.1, 0.15) is 0 Å². The standard InChI is InChI=1S/C19H30/c1-11(2)18-15-9-16(14-7-6-13(5)8-14)17(10-15)19(18)12(3)4/h6-7,12-17,19H,8-10H2,1-5H3. The molecule has 6 atom stereocenters. The summed E-state index contributed by atoms with van der Waals surface area (Å²) in [4.78, 5) is 0. The number of hydrogen-bond donors (Lipinski definition) is 0. The zero-order valence-electron chi connectivity index (χ0n) is 13.3. The molecule has 0 nitrogen and oxygen atoms in total. The van der Waals surface area contributed by atoms with Gasteiger partial charge in [-0.15, -0.1) is 0 Å². The molecule has 2 saturated carbocycles. The van der Waals surface area contributed by atoms with Gasteiger partial charge in [0, 0.05) is 0 Å². The molecule has 0 aromatic heterocycles. The molecule has 0 N–H and O–H groups in total. The summed E-state index contributed by atoms with van der Waals surface area (Å²) in [5, 5.41) is 0. The Labute approximate surface area is 119 Å². The summed E-state index contributed by atoms with van der Waals surface area (Å²) in [6, 6.07) is 0. The Bertz CT molecular complexity index is 408. The van der Waals surface area contributed by atoms with E-state index in [0.29, 0.717) is 0 Å². The van der Waals surface area contributed by atoms with Crippen LogP contribution in [0.15, 0.2) is 23.3 Å². The minimum atomic E-state index is 0.824. The van der Waals surface area contributed by atoms with Crippen LogP contribution in [0.5, 0.6) is 0 Å². The molecular formula is C19H30. The molecule has 0 aromatic rings. The fraction of sp³-hybridized carbons (Fsp3) is 0.789. The smallest absolute Gasteiger partial charge is 0.0143 e.